The zero-order chi connectivity index (χ0) is 27.3. The summed E-state index contributed by atoms with van der Waals surface area (Å²) in [6.45, 7) is -1.22. The summed E-state index contributed by atoms with van der Waals surface area (Å²) in [4.78, 5) is 47.5. The van der Waals surface area contributed by atoms with Gasteiger partial charge in [-0.15, -0.1) is 0 Å². The zero-order valence-electron chi connectivity index (χ0n) is 20.0. The summed E-state index contributed by atoms with van der Waals surface area (Å²) >= 11 is 0. The monoisotopic (exact) mass is 534 g/mol. The summed E-state index contributed by atoms with van der Waals surface area (Å²) in [5.41, 5.74) is -0.964. The van der Waals surface area contributed by atoms with Crippen molar-refractivity contribution in [2.75, 3.05) is 29.9 Å². The van der Waals surface area contributed by atoms with E-state index in [-0.39, 0.29) is 16.5 Å². The first-order chi connectivity index (χ1) is 17.4. The molecular weight excluding hydrogens is 511 g/mol. The fourth-order valence-electron chi connectivity index (χ4n) is 3.02. The molecule has 196 valence electrons. The molecule has 1 heterocycles. The molecule has 3 aromatic rings. The molecule has 0 fully saturated rings. The lowest BCUT2D eigenvalue weighted by Crippen LogP contribution is -2.38. The lowest BCUT2D eigenvalue weighted by atomic mass is 10.3. The summed E-state index contributed by atoms with van der Waals surface area (Å²) in [7, 11) is 0.0677. The third kappa shape index (κ3) is 6.41. The number of sulfonamides is 1. The Hall–Kier alpha value is -4.46. The number of carbonyl (C=O) groups is 2. The summed E-state index contributed by atoms with van der Waals surface area (Å²) in [5.74, 6) is -2.03. The molecule has 0 unspecified atom stereocenters. The molecule has 2 aromatic carbocycles. The summed E-state index contributed by atoms with van der Waals surface area (Å²) in [5, 5.41) is 2.31. The van der Waals surface area contributed by atoms with E-state index >= 15 is 0 Å². The van der Waals surface area contributed by atoms with Gasteiger partial charge in [0, 0.05) is 27.2 Å². The lowest BCUT2D eigenvalue weighted by Gasteiger charge is -2.19. The highest BCUT2D eigenvalue weighted by Gasteiger charge is 2.21. The Bertz CT molecular complexity index is 1530. The molecule has 14 heteroatoms. The Balaban J connectivity index is 1.52. The topological polar surface area (TPSA) is 146 Å². The summed E-state index contributed by atoms with van der Waals surface area (Å²) < 4.78 is 51.5. The van der Waals surface area contributed by atoms with Gasteiger partial charge in [0.25, 0.3) is 21.5 Å². The SMILES string of the molecule is CN(c1ccc(OCC(=O)OCC(=O)Nc2cc(=O)n(C)c(=O)n2C)cc1)S(=O)(=O)c1ccc(F)cc1. The van der Waals surface area contributed by atoms with Crippen molar-refractivity contribution >= 4 is 33.4 Å². The van der Waals surface area contributed by atoms with Crippen molar-refractivity contribution in [3.63, 3.8) is 0 Å². The van der Waals surface area contributed by atoms with Gasteiger partial charge in [-0.3, -0.25) is 23.0 Å². The second-order valence-electron chi connectivity index (χ2n) is 7.69. The number of rotatable bonds is 9. The Morgan fingerprint density at radius 3 is 2.22 bits per heavy atom. The van der Waals surface area contributed by atoms with Crippen molar-refractivity contribution in [2.45, 2.75) is 4.90 Å². The number of hydrogen-bond acceptors (Lipinski definition) is 8. The molecule has 3 rings (SSSR count). The quantitative estimate of drug-likeness (QED) is 0.393. The van der Waals surface area contributed by atoms with E-state index in [9.17, 15) is 32.0 Å². The normalized spacial score (nSPS) is 11.0. The third-order valence-electron chi connectivity index (χ3n) is 5.19. The highest BCUT2D eigenvalue weighted by atomic mass is 32.2. The Kier molecular flexibility index (Phi) is 8.12. The Labute approximate surface area is 210 Å². The second kappa shape index (κ2) is 11.1. The van der Waals surface area contributed by atoms with Crippen LogP contribution in [0.1, 0.15) is 0 Å². The minimum atomic E-state index is -3.92. The lowest BCUT2D eigenvalue weighted by molar-refractivity contribution is -0.149. The minimum absolute atomic E-state index is 0.0584. The van der Waals surface area contributed by atoms with Crippen LogP contribution in [-0.4, -0.2) is 49.7 Å². The van der Waals surface area contributed by atoms with Crippen LogP contribution >= 0.6 is 0 Å². The van der Waals surface area contributed by atoms with Crippen LogP contribution in [0.25, 0.3) is 0 Å². The van der Waals surface area contributed by atoms with Gasteiger partial charge >= 0.3 is 11.7 Å². The molecular formula is C23H23FN4O8S. The van der Waals surface area contributed by atoms with Gasteiger partial charge in [-0.05, 0) is 48.5 Å². The Morgan fingerprint density at radius 1 is 0.973 bits per heavy atom. The van der Waals surface area contributed by atoms with Crippen LogP contribution in [-0.2, 0) is 38.4 Å². The van der Waals surface area contributed by atoms with E-state index < -0.39 is 52.2 Å². The molecule has 0 aliphatic carbocycles. The molecule has 0 atom stereocenters. The number of esters is 1. The van der Waals surface area contributed by atoms with Gasteiger partial charge in [0.05, 0.1) is 10.6 Å². The zero-order valence-corrected chi connectivity index (χ0v) is 20.8. The summed E-state index contributed by atoms with van der Waals surface area (Å²) in [6.07, 6.45) is 0. The number of anilines is 2. The second-order valence-corrected chi connectivity index (χ2v) is 9.66. The van der Waals surface area contributed by atoms with Gasteiger partial charge in [0.15, 0.2) is 13.2 Å². The third-order valence-corrected chi connectivity index (χ3v) is 6.99. The van der Waals surface area contributed by atoms with E-state index in [0.29, 0.717) is 5.69 Å². The van der Waals surface area contributed by atoms with E-state index in [4.69, 9.17) is 9.47 Å². The van der Waals surface area contributed by atoms with Gasteiger partial charge in [0.2, 0.25) is 0 Å². The number of carbonyl (C=O) groups excluding carboxylic acids is 2. The standard InChI is InChI=1S/C23H23FN4O8S/c1-26-19(12-21(30)27(2)23(26)32)25-20(29)13-36-22(31)14-35-17-8-6-16(7-9-17)28(3)37(33,34)18-10-4-15(24)5-11-18/h4-12H,13-14H2,1-3H3,(H,25,29). The number of halogens is 1. The minimum Gasteiger partial charge on any atom is -0.482 e. The van der Waals surface area contributed by atoms with Crippen molar-refractivity contribution < 1.29 is 31.9 Å². The smallest absolute Gasteiger partial charge is 0.344 e. The van der Waals surface area contributed by atoms with Crippen LogP contribution in [0.3, 0.4) is 0 Å². The van der Waals surface area contributed by atoms with Crippen LogP contribution < -0.4 is 25.6 Å². The summed E-state index contributed by atoms with van der Waals surface area (Å²) in [6, 6.07) is 11.2. The van der Waals surface area contributed by atoms with E-state index in [1.54, 1.807) is 0 Å². The number of benzene rings is 2. The van der Waals surface area contributed by atoms with Gasteiger partial charge in [-0.25, -0.2) is 22.4 Å². The Morgan fingerprint density at radius 2 is 1.59 bits per heavy atom. The van der Waals surface area contributed by atoms with Gasteiger partial charge < -0.3 is 14.8 Å². The number of nitrogens with one attached hydrogen (secondary N) is 1. The van der Waals surface area contributed by atoms with E-state index in [2.05, 4.69) is 5.32 Å². The molecule has 0 aliphatic rings. The van der Waals surface area contributed by atoms with Crippen molar-refractivity contribution in [1.82, 2.24) is 9.13 Å². The van der Waals surface area contributed by atoms with Crippen molar-refractivity contribution in [3.8, 4) is 5.75 Å². The first-order valence-electron chi connectivity index (χ1n) is 10.6. The highest BCUT2D eigenvalue weighted by molar-refractivity contribution is 7.92. The number of nitrogens with zero attached hydrogens (tertiary/aromatic N) is 3. The highest BCUT2D eigenvalue weighted by Crippen LogP contribution is 2.24. The molecule has 37 heavy (non-hydrogen) atoms. The van der Waals surface area contributed by atoms with E-state index in [1.807, 2.05) is 0 Å². The maximum atomic E-state index is 13.1. The fourth-order valence-corrected chi connectivity index (χ4v) is 4.21. The number of hydrogen-bond donors (Lipinski definition) is 1. The predicted octanol–water partition coefficient (Wildman–Crippen LogP) is 0.609. The van der Waals surface area contributed by atoms with Gasteiger partial charge in [-0.1, -0.05) is 0 Å². The maximum absolute atomic E-state index is 13.1. The fraction of sp³-hybridized carbons (Fsp3) is 0.217. The molecule has 0 bridgehead atoms. The van der Waals surface area contributed by atoms with E-state index in [1.165, 1.54) is 45.4 Å². The molecule has 1 N–H and O–H groups in total. The average molecular weight is 535 g/mol. The molecule has 0 radical (unpaired) electrons. The van der Waals surface area contributed by atoms with Crippen LogP contribution in [0.4, 0.5) is 15.9 Å². The molecule has 0 saturated heterocycles. The van der Waals surface area contributed by atoms with Crippen molar-refractivity contribution in [2.24, 2.45) is 14.1 Å². The van der Waals surface area contributed by atoms with Crippen LogP contribution in [0.15, 0.2) is 69.1 Å². The van der Waals surface area contributed by atoms with Crippen molar-refractivity contribution in [1.29, 1.82) is 0 Å². The molecule has 0 aliphatic heterocycles. The number of ether oxygens (including phenoxy) is 2. The predicted molar refractivity (Wildman–Crippen MR) is 130 cm³/mol. The molecule has 0 saturated carbocycles. The number of amides is 1. The average Bonchev–Trinajstić information content (AvgIpc) is 2.88. The largest absolute Gasteiger partial charge is 0.482 e. The molecule has 1 amide bonds. The first kappa shape index (κ1) is 27.1. The van der Waals surface area contributed by atoms with Crippen LogP contribution in [0.5, 0.6) is 5.75 Å². The maximum Gasteiger partial charge on any atom is 0.344 e. The molecule has 1 aromatic heterocycles. The van der Waals surface area contributed by atoms with Gasteiger partial charge in [-0.2, -0.15) is 0 Å². The van der Waals surface area contributed by atoms with Gasteiger partial charge in [0.1, 0.15) is 17.4 Å². The van der Waals surface area contributed by atoms with E-state index in [0.717, 1.165) is 43.8 Å². The molecule has 12 nitrogen and oxygen atoms in total. The first-order valence-corrected chi connectivity index (χ1v) is 12.0. The number of aromatic nitrogens is 2. The van der Waals surface area contributed by atoms with Crippen molar-refractivity contribution in [3.05, 3.63) is 81.3 Å². The van der Waals surface area contributed by atoms with Crippen LogP contribution in [0.2, 0.25) is 0 Å². The molecule has 0 spiro atoms. The van der Waals surface area contributed by atoms with Crippen LogP contribution in [0, 0.1) is 5.82 Å².